The molecule has 1 heterocycles. The van der Waals surface area contributed by atoms with Crippen LogP contribution in [0, 0.1) is 0 Å². The van der Waals surface area contributed by atoms with Gasteiger partial charge in [-0.1, -0.05) is 5.16 Å². The molecule has 18 heavy (non-hydrogen) atoms. The quantitative estimate of drug-likeness (QED) is 0.814. The van der Waals surface area contributed by atoms with Gasteiger partial charge in [-0.25, -0.2) is 0 Å². The number of ketones is 1. The van der Waals surface area contributed by atoms with Crippen LogP contribution in [-0.4, -0.2) is 35.3 Å². The molecule has 0 spiro atoms. The number of aromatic nitrogens is 2. The zero-order valence-corrected chi connectivity index (χ0v) is 10.1. The highest BCUT2D eigenvalue weighted by Crippen LogP contribution is 2.26. The molecular formula is C10H13F3N2O3. The Labute approximate surface area is 101 Å². The van der Waals surface area contributed by atoms with E-state index in [0.29, 0.717) is 6.42 Å². The first-order valence-corrected chi connectivity index (χ1v) is 5.22. The molecule has 0 aliphatic rings. The van der Waals surface area contributed by atoms with E-state index in [1.165, 1.54) is 7.11 Å². The molecule has 1 rings (SSSR count). The van der Waals surface area contributed by atoms with Crippen molar-refractivity contribution in [2.24, 2.45) is 0 Å². The van der Waals surface area contributed by atoms with Gasteiger partial charge in [0.15, 0.2) is 5.82 Å². The molecule has 2 unspecified atom stereocenters. The van der Waals surface area contributed by atoms with E-state index in [1.807, 2.05) is 0 Å². The molecule has 8 heteroatoms. The summed E-state index contributed by atoms with van der Waals surface area (Å²) in [7, 11) is 1.49. The van der Waals surface area contributed by atoms with Crippen LogP contribution in [0.25, 0.3) is 0 Å². The molecule has 102 valence electrons. The molecule has 0 saturated carbocycles. The lowest BCUT2D eigenvalue weighted by atomic mass is 10.1. The molecule has 2 atom stereocenters. The van der Waals surface area contributed by atoms with Gasteiger partial charge in [-0.3, -0.25) is 4.79 Å². The molecule has 0 saturated heterocycles. The van der Waals surface area contributed by atoms with Gasteiger partial charge in [-0.05, 0) is 13.8 Å². The number of halogens is 3. The predicted molar refractivity (Wildman–Crippen MR) is 54.0 cm³/mol. The summed E-state index contributed by atoms with van der Waals surface area (Å²) in [6.07, 6.45) is -4.80. The fraction of sp³-hybridized carbons (Fsp3) is 0.700. The normalized spacial score (nSPS) is 15.4. The van der Waals surface area contributed by atoms with Gasteiger partial charge < -0.3 is 9.26 Å². The molecule has 1 aromatic heterocycles. The second-order valence-corrected chi connectivity index (χ2v) is 3.88. The number of hydrogen-bond acceptors (Lipinski definition) is 5. The highest BCUT2D eigenvalue weighted by Gasteiger charge is 2.43. The highest BCUT2D eigenvalue weighted by molar-refractivity contribution is 5.89. The molecule has 0 aromatic carbocycles. The number of alkyl halides is 3. The second-order valence-electron chi connectivity index (χ2n) is 3.88. The first kappa shape index (κ1) is 14.6. The van der Waals surface area contributed by atoms with Crippen LogP contribution in [0.2, 0.25) is 0 Å². The third-order valence-corrected chi connectivity index (χ3v) is 2.40. The van der Waals surface area contributed by atoms with Gasteiger partial charge in [0.1, 0.15) is 5.92 Å². The molecule has 0 aliphatic heterocycles. The Morgan fingerprint density at radius 1 is 1.44 bits per heavy atom. The van der Waals surface area contributed by atoms with Crippen molar-refractivity contribution in [2.75, 3.05) is 7.11 Å². The lowest BCUT2D eigenvalue weighted by Gasteiger charge is -2.08. The van der Waals surface area contributed by atoms with Crippen molar-refractivity contribution in [3.05, 3.63) is 11.7 Å². The van der Waals surface area contributed by atoms with E-state index in [9.17, 15) is 18.0 Å². The molecule has 0 N–H and O–H groups in total. The number of ether oxygens (including phenoxy) is 1. The lowest BCUT2D eigenvalue weighted by molar-refractivity contribution is -0.172. The van der Waals surface area contributed by atoms with Crippen molar-refractivity contribution in [1.82, 2.24) is 10.1 Å². The fourth-order valence-electron chi connectivity index (χ4n) is 1.22. The van der Waals surface area contributed by atoms with E-state index >= 15 is 0 Å². The second kappa shape index (κ2) is 5.47. The van der Waals surface area contributed by atoms with Gasteiger partial charge in [0.2, 0.25) is 11.7 Å². The Morgan fingerprint density at radius 3 is 2.56 bits per heavy atom. The van der Waals surface area contributed by atoms with E-state index in [1.54, 1.807) is 6.92 Å². The number of carbonyl (C=O) groups is 1. The number of rotatable bonds is 5. The van der Waals surface area contributed by atoms with Gasteiger partial charge in [-0.2, -0.15) is 18.2 Å². The van der Waals surface area contributed by atoms with Gasteiger partial charge in [-0.15, -0.1) is 0 Å². The molecule has 1 aromatic rings. The average molecular weight is 266 g/mol. The minimum Gasteiger partial charge on any atom is -0.381 e. The zero-order chi connectivity index (χ0) is 13.9. The van der Waals surface area contributed by atoms with Crippen molar-refractivity contribution >= 4 is 5.78 Å². The van der Waals surface area contributed by atoms with Crippen molar-refractivity contribution < 1.29 is 27.2 Å². The van der Waals surface area contributed by atoms with Gasteiger partial charge in [0.05, 0.1) is 6.10 Å². The molecule has 0 fully saturated rings. The van der Waals surface area contributed by atoms with Crippen LogP contribution in [0.4, 0.5) is 13.2 Å². The predicted octanol–water partition coefficient (Wildman–Crippen LogP) is 1.88. The average Bonchev–Trinajstić information content (AvgIpc) is 2.74. The summed E-state index contributed by atoms with van der Waals surface area (Å²) < 4.78 is 46.2. The van der Waals surface area contributed by atoms with Crippen LogP contribution in [0.5, 0.6) is 0 Å². The largest absolute Gasteiger partial charge is 0.450 e. The molecule has 0 bridgehead atoms. The maximum atomic E-state index is 12.2. The number of nitrogens with zero attached hydrogens (tertiary/aromatic N) is 2. The van der Waals surface area contributed by atoms with Crippen LogP contribution in [0.1, 0.15) is 31.5 Å². The van der Waals surface area contributed by atoms with Crippen LogP contribution in [0.3, 0.4) is 0 Å². The first-order chi connectivity index (χ1) is 8.25. The van der Waals surface area contributed by atoms with Crippen LogP contribution < -0.4 is 0 Å². The van der Waals surface area contributed by atoms with Gasteiger partial charge >= 0.3 is 6.18 Å². The third-order valence-electron chi connectivity index (χ3n) is 2.40. The minimum absolute atomic E-state index is 0.191. The number of Topliss-reactive ketones (excluding diaryl/α,β-unsaturated/α-hetero) is 1. The van der Waals surface area contributed by atoms with Crippen molar-refractivity contribution in [2.45, 2.75) is 38.5 Å². The summed E-state index contributed by atoms with van der Waals surface area (Å²) in [6, 6.07) is 0. The van der Waals surface area contributed by atoms with E-state index in [-0.39, 0.29) is 17.8 Å². The van der Waals surface area contributed by atoms with E-state index in [2.05, 4.69) is 14.7 Å². The maximum absolute atomic E-state index is 12.2. The maximum Gasteiger partial charge on any atom is 0.450 e. The van der Waals surface area contributed by atoms with E-state index in [0.717, 1.165) is 6.92 Å². The summed E-state index contributed by atoms with van der Waals surface area (Å²) in [5.74, 6) is -3.53. The van der Waals surface area contributed by atoms with Crippen LogP contribution >= 0.6 is 0 Å². The summed E-state index contributed by atoms with van der Waals surface area (Å²) in [5.41, 5.74) is 0. The molecular weight excluding hydrogens is 253 g/mol. The van der Waals surface area contributed by atoms with Crippen molar-refractivity contribution in [1.29, 1.82) is 0 Å². The minimum atomic E-state index is -4.91. The standard InChI is InChI=1S/C10H13F3N2O3/c1-5(17-3)4-7-14-9(18-15-7)6(2)8(16)10(11,12)13/h5-6H,4H2,1-3H3. The lowest BCUT2D eigenvalue weighted by Crippen LogP contribution is -2.27. The van der Waals surface area contributed by atoms with Gasteiger partial charge in [0.25, 0.3) is 0 Å². The fourth-order valence-corrected chi connectivity index (χ4v) is 1.22. The Morgan fingerprint density at radius 2 is 2.06 bits per heavy atom. The van der Waals surface area contributed by atoms with E-state index in [4.69, 9.17) is 4.74 Å². The van der Waals surface area contributed by atoms with Crippen molar-refractivity contribution in [3.8, 4) is 0 Å². The number of hydrogen-bond donors (Lipinski definition) is 0. The zero-order valence-electron chi connectivity index (χ0n) is 10.1. The Hall–Kier alpha value is -1.44. The smallest absolute Gasteiger partial charge is 0.381 e. The van der Waals surface area contributed by atoms with Gasteiger partial charge in [0, 0.05) is 13.5 Å². The molecule has 0 amide bonds. The number of carbonyl (C=O) groups excluding carboxylic acids is 1. The van der Waals surface area contributed by atoms with Crippen molar-refractivity contribution in [3.63, 3.8) is 0 Å². The summed E-state index contributed by atoms with van der Waals surface area (Å²) >= 11 is 0. The Bertz CT molecular complexity index is 417. The monoisotopic (exact) mass is 266 g/mol. The molecule has 0 aliphatic carbocycles. The highest BCUT2D eigenvalue weighted by atomic mass is 19.4. The first-order valence-electron chi connectivity index (χ1n) is 5.22. The summed E-state index contributed by atoms with van der Waals surface area (Å²) in [6.45, 7) is 2.83. The topological polar surface area (TPSA) is 65.2 Å². The Kier molecular flexibility index (Phi) is 4.44. The van der Waals surface area contributed by atoms with Crippen LogP contribution in [-0.2, 0) is 16.0 Å². The summed E-state index contributed by atoms with van der Waals surface area (Å²) in [4.78, 5) is 14.7. The Balaban J connectivity index is 2.77. The molecule has 0 radical (unpaired) electrons. The summed E-state index contributed by atoms with van der Waals surface area (Å²) in [5, 5.41) is 3.50. The SMILES string of the molecule is COC(C)Cc1noc(C(C)C(=O)C(F)(F)F)n1. The molecule has 5 nitrogen and oxygen atoms in total. The number of methoxy groups -OCH3 is 1. The van der Waals surface area contributed by atoms with Crippen LogP contribution in [0.15, 0.2) is 4.52 Å². The van der Waals surface area contributed by atoms with E-state index < -0.39 is 17.9 Å². The third kappa shape index (κ3) is 3.52.